The average Bonchev–Trinajstić information content (AvgIpc) is 3.18. The Balaban J connectivity index is 1.70. The maximum absolute atomic E-state index is 15.3. The number of ether oxygens (including phenoxy) is 2. The van der Waals surface area contributed by atoms with Crippen LogP contribution in [0.5, 0.6) is 11.5 Å². The van der Waals surface area contributed by atoms with Crippen molar-refractivity contribution >= 4 is 32.0 Å². The number of aromatic amines is 1. The standard InChI is InChI=1S/C25H23F3N3O6P/c1-36-15-8-17(26)20(19(38)9-15)16-10-31(18-7-4-13(11-32)29-23(18)34)24(35)21(16)30-22(33)12-2-5-14(6-3-12)37-25(27)28/h2-9,16,21,25,32H,10-11,38H2,1H3,(H,29,34)(H,30,33)/t16-,21-/m0/s1. The summed E-state index contributed by atoms with van der Waals surface area (Å²) in [6.07, 6.45) is 0. The summed E-state index contributed by atoms with van der Waals surface area (Å²) >= 11 is 0. The molecule has 2 aromatic carbocycles. The third kappa shape index (κ3) is 5.51. The Kier molecular flexibility index (Phi) is 8.03. The minimum Gasteiger partial charge on any atom is -0.497 e. The van der Waals surface area contributed by atoms with Gasteiger partial charge in [0.15, 0.2) is 0 Å². The van der Waals surface area contributed by atoms with Gasteiger partial charge in [-0.05, 0) is 47.8 Å². The number of aliphatic hydroxyl groups is 1. The van der Waals surface area contributed by atoms with Crippen molar-refractivity contribution in [2.75, 3.05) is 18.6 Å². The molecule has 1 aliphatic rings. The predicted molar refractivity (Wildman–Crippen MR) is 135 cm³/mol. The molecular weight excluding hydrogens is 526 g/mol. The maximum Gasteiger partial charge on any atom is 0.387 e. The van der Waals surface area contributed by atoms with E-state index in [0.717, 1.165) is 11.0 Å². The lowest BCUT2D eigenvalue weighted by molar-refractivity contribution is -0.118. The summed E-state index contributed by atoms with van der Waals surface area (Å²) in [7, 11) is 3.76. The number of hydrogen-bond acceptors (Lipinski definition) is 6. The molecule has 0 saturated carbocycles. The topological polar surface area (TPSA) is 121 Å². The Bertz CT molecular complexity index is 1390. The van der Waals surface area contributed by atoms with Crippen LogP contribution < -0.4 is 30.6 Å². The van der Waals surface area contributed by atoms with Crippen molar-refractivity contribution in [1.29, 1.82) is 0 Å². The second-order valence-electron chi connectivity index (χ2n) is 8.38. The molecule has 1 fully saturated rings. The Morgan fingerprint density at radius 3 is 2.47 bits per heavy atom. The van der Waals surface area contributed by atoms with Crippen molar-refractivity contribution < 1.29 is 37.3 Å². The first-order valence-electron chi connectivity index (χ1n) is 11.3. The first kappa shape index (κ1) is 27.2. The minimum absolute atomic E-state index is 0.0401. The van der Waals surface area contributed by atoms with Gasteiger partial charge in [0.1, 0.15) is 29.0 Å². The molecule has 2 amide bonds. The molecule has 13 heteroatoms. The minimum atomic E-state index is -3.03. The number of aliphatic hydroxyl groups excluding tert-OH is 1. The van der Waals surface area contributed by atoms with Crippen molar-refractivity contribution in [3.05, 3.63) is 81.5 Å². The molecule has 9 nitrogen and oxygen atoms in total. The number of halogens is 3. The molecule has 3 atom stereocenters. The van der Waals surface area contributed by atoms with E-state index in [-0.39, 0.29) is 40.6 Å². The molecule has 1 unspecified atom stereocenters. The highest BCUT2D eigenvalue weighted by atomic mass is 31.0. The number of alkyl halides is 2. The van der Waals surface area contributed by atoms with Gasteiger partial charge in [-0.2, -0.15) is 8.78 Å². The zero-order valence-electron chi connectivity index (χ0n) is 19.9. The van der Waals surface area contributed by atoms with Crippen LogP contribution in [0.1, 0.15) is 27.5 Å². The smallest absolute Gasteiger partial charge is 0.387 e. The van der Waals surface area contributed by atoms with Gasteiger partial charge in [-0.1, -0.05) is 0 Å². The molecule has 0 bridgehead atoms. The number of amides is 2. The largest absolute Gasteiger partial charge is 0.497 e. The number of carbonyl (C=O) groups is 2. The van der Waals surface area contributed by atoms with E-state index < -0.39 is 48.4 Å². The van der Waals surface area contributed by atoms with E-state index in [1.54, 1.807) is 6.07 Å². The molecule has 0 aliphatic carbocycles. The van der Waals surface area contributed by atoms with E-state index in [2.05, 4.69) is 24.3 Å². The van der Waals surface area contributed by atoms with E-state index in [9.17, 15) is 28.3 Å². The van der Waals surface area contributed by atoms with Crippen LogP contribution in [-0.2, 0) is 11.4 Å². The van der Waals surface area contributed by atoms with Gasteiger partial charge in [0.05, 0.1) is 13.7 Å². The molecule has 0 radical (unpaired) electrons. The van der Waals surface area contributed by atoms with E-state index >= 15 is 4.39 Å². The van der Waals surface area contributed by atoms with Crippen LogP contribution in [0, 0.1) is 5.82 Å². The molecule has 2 heterocycles. The molecule has 1 aliphatic heterocycles. The van der Waals surface area contributed by atoms with E-state index in [1.165, 1.54) is 43.5 Å². The van der Waals surface area contributed by atoms with Crippen molar-refractivity contribution in [2.45, 2.75) is 25.2 Å². The van der Waals surface area contributed by atoms with Gasteiger partial charge < -0.3 is 29.8 Å². The molecule has 0 spiro atoms. The van der Waals surface area contributed by atoms with Gasteiger partial charge in [-0.25, -0.2) is 4.39 Å². The number of H-pyrrole nitrogens is 1. The summed E-state index contributed by atoms with van der Waals surface area (Å²) < 4.78 is 49.5. The van der Waals surface area contributed by atoms with Crippen LogP contribution in [0.15, 0.2) is 53.3 Å². The number of rotatable bonds is 8. The fourth-order valence-corrected chi connectivity index (χ4v) is 4.83. The zero-order valence-corrected chi connectivity index (χ0v) is 21.1. The lowest BCUT2D eigenvalue weighted by Crippen LogP contribution is -2.44. The molecule has 4 rings (SSSR count). The number of pyridine rings is 1. The van der Waals surface area contributed by atoms with Gasteiger partial charge >= 0.3 is 6.61 Å². The molecular formula is C25H23F3N3O6P. The number of aromatic nitrogens is 1. The zero-order chi connectivity index (χ0) is 27.6. The number of nitrogens with one attached hydrogen (secondary N) is 2. The van der Waals surface area contributed by atoms with E-state index in [1.807, 2.05) is 0 Å². The van der Waals surface area contributed by atoms with Gasteiger partial charge in [0.25, 0.3) is 11.5 Å². The van der Waals surface area contributed by atoms with Crippen molar-refractivity contribution in [2.24, 2.45) is 0 Å². The summed E-state index contributed by atoms with van der Waals surface area (Å²) in [5, 5.41) is 12.3. The number of hydrogen-bond donors (Lipinski definition) is 3. The summed E-state index contributed by atoms with van der Waals surface area (Å²) in [6.45, 7) is -3.59. The Hall–Kier alpha value is -3.89. The third-order valence-electron chi connectivity index (χ3n) is 6.09. The van der Waals surface area contributed by atoms with E-state index in [4.69, 9.17) is 4.74 Å². The van der Waals surface area contributed by atoms with Crippen LogP contribution in [0.3, 0.4) is 0 Å². The second kappa shape index (κ2) is 11.2. The fourth-order valence-electron chi connectivity index (χ4n) is 4.32. The fraction of sp³-hybridized carbons (Fsp3) is 0.240. The van der Waals surface area contributed by atoms with Crippen LogP contribution in [0.2, 0.25) is 0 Å². The van der Waals surface area contributed by atoms with Gasteiger partial charge in [0, 0.05) is 35.3 Å². The Labute approximate surface area is 216 Å². The van der Waals surface area contributed by atoms with Crippen molar-refractivity contribution in [3.63, 3.8) is 0 Å². The lowest BCUT2D eigenvalue weighted by Gasteiger charge is -2.21. The normalized spacial score (nSPS) is 17.1. The highest BCUT2D eigenvalue weighted by Gasteiger charge is 2.45. The number of carbonyl (C=O) groups excluding carboxylic acids is 2. The molecule has 3 N–H and O–H groups in total. The summed E-state index contributed by atoms with van der Waals surface area (Å²) in [4.78, 5) is 42.8. The van der Waals surface area contributed by atoms with Crippen LogP contribution in [0.4, 0.5) is 18.9 Å². The van der Waals surface area contributed by atoms with Crippen molar-refractivity contribution in [1.82, 2.24) is 10.3 Å². The molecule has 38 heavy (non-hydrogen) atoms. The van der Waals surface area contributed by atoms with Gasteiger partial charge in [-0.15, -0.1) is 9.24 Å². The SMILES string of the molecule is COc1cc(F)c([C@@H]2CN(c3ccc(CO)[nH]c3=O)C(=O)[C@H]2NC(=O)c2ccc(OC(F)F)cc2)c(P)c1. The van der Waals surface area contributed by atoms with Crippen LogP contribution in [0.25, 0.3) is 0 Å². The monoisotopic (exact) mass is 549 g/mol. The Morgan fingerprint density at radius 1 is 1.18 bits per heavy atom. The average molecular weight is 549 g/mol. The first-order valence-corrected chi connectivity index (χ1v) is 11.8. The molecule has 200 valence electrons. The van der Waals surface area contributed by atoms with Crippen molar-refractivity contribution in [3.8, 4) is 11.5 Å². The highest BCUT2D eigenvalue weighted by Crippen LogP contribution is 2.34. The molecule has 1 aromatic heterocycles. The number of benzene rings is 2. The Morgan fingerprint density at radius 2 is 1.89 bits per heavy atom. The number of nitrogens with zero attached hydrogens (tertiary/aromatic N) is 1. The third-order valence-corrected chi connectivity index (χ3v) is 6.57. The molecule has 1 saturated heterocycles. The van der Waals surface area contributed by atoms with E-state index in [0.29, 0.717) is 5.30 Å². The number of methoxy groups -OCH3 is 1. The molecule has 3 aromatic rings. The number of anilines is 1. The summed E-state index contributed by atoms with van der Waals surface area (Å²) in [5.41, 5.74) is -0.281. The van der Waals surface area contributed by atoms with Crippen LogP contribution >= 0.6 is 9.24 Å². The second-order valence-corrected chi connectivity index (χ2v) is 9.00. The predicted octanol–water partition coefficient (Wildman–Crippen LogP) is 2.05. The maximum atomic E-state index is 15.3. The van der Waals surface area contributed by atoms with Gasteiger partial charge in [-0.3, -0.25) is 14.4 Å². The quantitative estimate of drug-likeness (QED) is 0.370. The summed E-state index contributed by atoms with van der Waals surface area (Å²) in [6, 6.07) is 9.05. The van der Waals surface area contributed by atoms with Gasteiger partial charge in [0.2, 0.25) is 5.91 Å². The summed E-state index contributed by atoms with van der Waals surface area (Å²) in [5.74, 6) is -2.88. The highest BCUT2D eigenvalue weighted by molar-refractivity contribution is 7.27. The lowest BCUT2D eigenvalue weighted by atomic mass is 9.93. The van der Waals surface area contributed by atoms with Crippen LogP contribution in [-0.4, -0.2) is 48.2 Å². The first-order chi connectivity index (χ1) is 18.1.